The van der Waals surface area contributed by atoms with Crippen LogP contribution in [0.15, 0.2) is 24.4 Å². The summed E-state index contributed by atoms with van der Waals surface area (Å²) >= 11 is 0. The highest BCUT2D eigenvalue weighted by molar-refractivity contribution is 5.75. The first kappa shape index (κ1) is 16.9. The SMILES string of the molecule is Cn1ncc2c1CCCC2NC(=O)NC1CCCOc2ccc(F)cc21. The summed E-state index contributed by atoms with van der Waals surface area (Å²) in [5.74, 6) is 0.315. The Bertz CT molecular complexity index is 820. The summed E-state index contributed by atoms with van der Waals surface area (Å²) in [7, 11) is 1.93. The smallest absolute Gasteiger partial charge is 0.315 e. The number of hydrogen-bond acceptors (Lipinski definition) is 3. The number of aryl methyl sites for hydroxylation is 1. The number of carbonyl (C=O) groups excluding carboxylic acids is 1. The molecule has 0 spiro atoms. The molecule has 138 valence electrons. The topological polar surface area (TPSA) is 68.2 Å². The fourth-order valence-electron chi connectivity index (χ4n) is 3.91. The normalized spacial score (nSPS) is 21.8. The van der Waals surface area contributed by atoms with E-state index in [4.69, 9.17) is 4.74 Å². The van der Waals surface area contributed by atoms with Gasteiger partial charge in [0.25, 0.3) is 0 Å². The molecule has 6 nitrogen and oxygen atoms in total. The van der Waals surface area contributed by atoms with Crippen molar-refractivity contribution in [3.8, 4) is 5.75 Å². The van der Waals surface area contributed by atoms with Crippen LogP contribution in [-0.4, -0.2) is 22.4 Å². The molecule has 7 heteroatoms. The monoisotopic (exact) mass is 358 g/mol. The fourth-order valence-corrected chi connectivity index (χ4v) is 3.91. The van der Waals surface area contributed by atoms with E-state index >= 15 is 0 Å². The zero-order chi connectivity index (χ0) is 18.1. The van der Waals surface area contributed by atoms with Gasteiger partial charge < -0.3 is 15.4 Å². The lowest BCUT2D eigenvalue weighted by molar-refractivity contribution is 0.230. The van der Waals surface area contributed by atoms with Gasteiger partial charge in [0, 0.05) is 23.9 Å². The summed E-state index contributed by atoms with van der Waals surface area (Å²) in [6.07, 6.45) is 6.25. The van der Waals surface area contributed by atoms with Crippen molar-refractivity contribution < 1.29 is 13.9 Å². The van der Waals surface area contributed by atoms with Crippen LogP contribution in [0.1, 0.15) is 54.6 Å². The molecular weight excluding hydrogens is 335 g/mol. The molecule has 0 fully saturated rings. The number of amides is 2. The molecule has 1 aliphatic carbocycles. The van der Waals surface area contributed by atoms with E-state index in [0.29, 0.717) is 24.3 Å². The zero-order valence-corrected chi connectivity index (χ0v) is 14.8. The Kier molecular flexibility index (Phi) is 4.53. The number of benzene rings is 1. The van der Waals surface area contributed by atoms with Gasteiger partial charge in [-0.05, 0) is 50.3 Å². The lowest BCUT2D eigenvalue weighted by Gasteiger charge is -2.25. The molecule has 1 aromatic carbocycles. The summed E-state index contributed by atoms with van der Waals surface area (Å²) < 4.78 is 21.2. The molecule has 26 heavy (non-hydrogen) atoms. The van der Waals surface area contributed by atoms with E-state index in [1.54, 1.807) is 6.07 Å². The highest BCUT2D eigenvalue weighted by Crippen LogP contribution is 2.33. The molecule has 2 unspecified atom stereocenters. The van der Waals surface area contributed by atoms with Crippen molar-refractivity contribution >= 4 is 6.03 Å². The average Bonchev–Trinajstić information content (AvgIpc) is 2.89. The third-order valence-corrected chi connectivity index (χ3v) is 5.23. The summed E-state index contributed by atoms with van der Waals surface area (Å²) in [5.41, 5.74) is 2.96. The molecule has 2 aliphatic rings. The van der Waals surface area contributed by atoms with E-state index in [9.17, 15) is 9.18 Å². The predicted molar refractivity (Wildman–Crippen MR) is 94.4 cm³/mol. The van der Waals surface area contributed by atoms with Gasteiger partial charge in [-0.15, -0.1) is 0 Å². The third-order valence-electron chi connectivity index (χ3n) is 5.23. The van der Waals surface area contributed by atoms with Crippen molar-refractivity contribution in [3.63, 3.8) is 0 Å². The second-order valence-electron chi connectivity index (χ2n) is 6.96. The van der Waals surface area contributed by atoms with Gasteiger partial charge in [0.15, 0.2) is 0 Å². The summed E-state index contributed by atoms with van der Waals surface area (Å²) in [5, 5.41) is 10.4. The van der Waals surface area contributed by atoms with Crippen molar-refractivity contribution in [2.24, 2.45) is 7.05 Å². The Labute approximate surface area is 151 Å². The highest BCUT2D eigenvalue weighted by atomic mass is 19.1. The van der Waals surface area contributed by atoms with Crippen molar-refractivity contribution in [2.75, 3.05) is 6.61 Å². The van der Waals surface area contributed by atoms with Crippen LogP contribution in [0.3, 0.4) is 0 Å². The van der Waals surface area contributed by atoms with Gasteiger partial charge in [0.1, 0.15) is 11.6 Å². The van der Waals surface area contributed by atoms with Gasteiger partial charge in [-0.2, -0.15) is 5.10 Å². The number of urea groups is 1. The molecule has 1 aliphatic heterocycles. The van der Waals surface area contributed by atoms with Crippen LogP contribution >= 0.6 is 0 Å². The van der Waals surface area contributed by atoms with Gasteiger partial charge >= 0.3 is 6.03 Å². The number of nitrogens with one attached hydrogen (secondary N) is 2. The maximum Gasteiger partial charge on any atom is 0.315 e. The van der Waals surface area contributed by atoms with Crippen molar-refractivity contribution in [3.05, 3.63) is 47.0 Å². The van der Waals surface area contributed by atoms with E-state index in [2.05, 4.69) is 15.7 Å². The molecule has 0 bridgehead atoms. The molecular formula is C19H23FN4O2. The number of rotatable bonds is 2. The zero-order valence-electron chi connectivity index (χ0n) is 14.8. The first-order valence-corrected chi connectivity index (χ1v) is 9.12. The van der Waals surface area contributed by atoms with Crippen LogP contribution in [0.25, 0.3) is 0 Å². The largest absolute Gasteiger partial charge is 0.493 e. The molecule has 2 heterocycles. The standard InChI is InChI=1S/C19H23FN4O2/c1-24-17-6-2-4-16(14(17)11-21-24)23-19(25)22-15-5-3-9-26-18-8-7-12(20)10-13(15)18/h7-8,10-11,15-16H,2-6,9H2,1H3,(H2,22,23,25). The van der Waals surface area contributed by atoms with Gasteiger partial charge in [-0.25, -0.2) is 9.18 Å². The number of carbonyl (C=O) groups is 1. The van der Waals surface area contributed by atoms with Gasteiger partial charge in [-0.1, -0.05) is 0 Å². The minimum absolute atomic E-state index is 0.0403. The highest BCUT2D eigenvalue weighted by Gasteiger charge is 2.27. The van der Waals surface area contributed by atoms with E-state index in [1.807, 2.05) is 17.9 Å². The van der Waals surface area contributed by atoms with Crippen LogP contribution in [0, 0.1) is 5.82 Å². The van der Waals surface area contributed by atoms with Crippen LogP contribution in [-0.2, 0) is 13.5 Å². The summed E-state index contributed by atoms with van der Waals surface area (Å²) in [6, 6.07) is 3.92. The number of hydrogen-bond donors (Lipinski definition) is 2. The Morgan fingerprint density at radius 1 is 1.23 bits per heavy atom. The number of aromatic nitrogens is 2. The van der Waals surface area contributed by atoms with E-state index < -0.39 is 0 Å². The van der Waals surface area contributed by atoms with Gasteiger partial charge in [0.05, 0.1) is 24.9 Å². The maximum absolute atomic E-state index is 13.7. The van der Waals surface area contributed by atoms with E-state index in [1.165, 1.54) is 17.8 Å². The summed E-state index contributed by atoms with van der Waals surface area (Å²) in [4.78, 5) is 12.6. The van der Waals surface area contributed by atoms with Crippen molar-refractivity contribution in [2.45, 2.75) is 44.2 Å². The molecule has 4 rings (SSSR count). The minimum Gasteiger partial charge on any atom is -0.493 e. The lowest BCUT2D eigenvalue weighted by atomic mass is 9.93. The number of halogens is 1. The first-order valence-electron chi connectivity index (χ1n) is 9.12. The molecule has 2 aromatic rings. The molecule has 0 radical (unpaired) electrons. The molecule has 2 N–H and O–H groups in total. The number of ether oxygens (including phenoxy) is 1. The molecule has 1 aromatic heterocycles. The number of nitrogens with zero attached hydrogens (tertiary/aromatic N) is 2. The average molecular weight is 358 g/mol. The lowest BCUT2D eigenvalue weighted by Crippen LogP contribution is -2.40. The van der Waals surface area contributed by atoms with Crippen LogP contribution in [0.2, 0.25) is 0 Å². The van der Waals surface area contributed by atoms with Crippen LogP contribution in [0.5, 0.6) is 5.75 Å². The second-order valence-corrected chi connectivity index (χ2v) is 6.96. The Morgan fingerprint density at radius 3 is 2.85 bits per heavy atom. The molecule has 0 saturated heterocycles. The fraction of sp³-hybridized carbons (Fsp3) is 0.474. The van der Waals surface area contributed by atoms with E-state index in [-0.39, 0.29) is 23.9 Å². The minimum atomic E-state index is -0.325. The molecule has 2 atom stereocenters. The number of fused-ring (bicyclic) bond motifs is 2. The second kappa shape index (κ2) is 6.97. The third kappa shape index (κ3) is 3.25. The van der Waals surface area contributed by atoms with E-state index in [0.717, 1.165) is 31.2 Å². The quantitative estimate of drug-likeness (QED) is 0.867. The molecule has 0 saturated carbocycles. The van der Waals surface area contributed by atoms with Gasteiger partial charge in [0.2, 0.25) is 0 Å². The van der Waals surface area contributed by atoms with Crippen LogP contribution in [0.4, 0.5) is 9.18 Å². The molecule has 2 amide bonds. The van der Waals surface area contributed by atoms with Crippen molar-refractivity contribution in [1.29, 1.82) is 0 Å². The Hall–Kier alpha value is -2.57. The Balaban J connectivity index is 1.48. The first-order chi connectivity index (χ1) is 12.6. The Morgan fingerprint density at radius 2 is 2.00 bits per heavy atom. The predicted octanol–water partition coefficient (Wildman–Crippen LogP) is 3.15. The summed E-state index contributed by atoms with van der Waals surface area (Å²) in [6.45, 7) is 0.570. The van der Waals surface area contributed by atoms with Crippen molar-refractivity contribution in [1.82, 2.24) is 20.4 Å². The van der Waals surface area contributed by atoms with Gasteiger partial charge in [-0.3, -0.25) is 4.68 Å². The maximum atomic E-state index is 13.7. The van der Waals surface area contributed by atoms with Crippen LogP contribution < -0.4 is 15.4 Å².